The molecule has 0 amide bonds. The van der Waals surface area contributed by atoms with Gasteiger partial charge >= 0.3 is 0 Å². The van der Waals surface area contributed by atoms with Crippen LogP contribution in [0.2, 0.25) is 19.6 Å². The lowest BCUT2D eigenvalue weighted by Crippen LogP contribution is -2.37. The molecule has 0 aliphatic heterocycles. The summed E-state index contributed by atoms with van der Waals surface area (Å²) in [4.78, 5) is 2.48. The number of aryl methyl sites for hydroxylation is 1. The molecule has 0 aliphatic carbocycles. The molecule has 0 atom stereocenters. The number of rotatable bonds is 5. The van der Waals surface area contributed by atoms with Gasteiger partial charge in [0, 0.05) is 30.7 Å². The molecule has 0 spiro atoms. The molecule has 0 fully saturated rings. The van der Waals surface area contributed by atoms with Crippen LogP contribution >= 0.6 is 0 Å². The molecule has 0 saturated heterocycles. The Morgan fingerprint density at radius 1 is 1.10 bits per heavy atom. The van der Waals surface area contributed by atoms with Crippen molar-refractivity contribution in [2.24, 2.45) is 7.05 Å². The molecule has 0 unspecified atom stereocenters. The maximum Gasteiger partial charge on any atom is 0.0776 e. The second-order valence-electron chi connectivity index (χ2n) is 6.71. The standard InChI is InChI=1S/C17H28N2Si/c1-7-19(8-2)13-14-12-18(3)17-10-9-15(11-16(14)17)20(4,5)6/h9-12H,7-8,13H2,1-6H3. The second-order valence-corrected chi connectivity index (χ2v) is 11.8. The fourth-order valence-electron chi connectivity index (χ4n) is 2.75. The molecule has 1 heterocycles. The summed E-state index contributed by atoms with van der Waals surface area (Å²) < 4.78 is 2.27. The van der Waals surface area contributed by atoms with E-state index in [2.05, 4.69) is 74.4 Å². The fourth-order valence-corrected chi connectivity index (χ4v) is 3.91. The van der Waals surface area contributed by atoms with E-state index in [1.54, 1.807) is 5.19 Å². The molecule has 0 saturated carbocycles. The number of aromatic nitrogens is 1. The SMILES string of the molecule is CCN(CC)Cc1cn(C)c2ccc([Si](C)(C)C)cc12. The highest BCUT2D eigenvalue weighted by molar-refractivity contribution is 6.88. The van der Waals surface area contributed by atoms with Gasteiger partial charge in [-0.1, -0.05) is 50.8 Å². The quantitative estimate of drug-likeness (QED) is 0.764. The lowest BCUT2D eigenvalue weighted by Gasteiger charge is -2.19. The Morgan fingerprint density at radius 2 is 1.75 bits per heavy atom. The van der Waals surface area contributed by atoms with Crippen LogP contribution in [0.15, 0.2) is 24.4 Å². The second kappa shape index (κ2) is 5.74. The Bertz CT molecular complexity index is 589. The Balaban J connectivity index is 2.49. The van der Waals surface area contributed by atoms with Gasteiger partial charge in [-0.25, -0.2) is 0 Å². The zero-order chi connectivity index (χ0) is 14.9. The van der Waals surface area contributed by atoms with Crippen molar-refractivity contribution in [2.45, 2.75) is 40.0 Å². The summed E-state index contributed by atoms with van der Waals surface area (Å²) in [6.07, 6.45) is 2.30. The van der Waals surface area contributed by atoms with Crippen LogP contribution in [0.1, 0.15) is 19.4 Å². The minimum Gasteiger partial charge on any atom is -0.350 e. The van der Waals surface area contributed by atoms with Gasteiger partial charge in [-0.2, -0.15) is 0 Å². The molecule has 0 N–H and O–H groups in total. The van der Waals surface area contributed by atoms with E-state index in [9.17, 15) is 0 Å². The Kier molecular flexibility index (Phi) is 4.40. The van der Waals surface area contributed by atoms with Gasteiger partial charge < -0.3 is 4.57 Å². The lowest BCUT2D eigenvalue weighted by atomic mass is 10.1. The van der Waals surface area contributed by atoms with E-state index >= 15 is 0 Å². The summed E-state index contributed by atoms with van der Waals surface area (Å²) in [6, 6.07) is 7.07. The number of hydrogen-bond acceptors (Lipinski definition) is 1. The summed E-state index contributed by atoms with van der Waals surface area (Å²) in [5.41, 5.74) is 2.82. The molecule has 3 heteroatoms. The van der Waals surface area contributed by atoms with Crippen LogP contribution in [0.5, 0.6) is 0 Å². The minimum absolute atomic E-state index is 1.06. The monoisotopic (exact) mass is 288 g/mol. The first-order valence-electron chi connectivity index (χ1n) is 7.67. The van der Waals surface area contributed by atoms with Crippen molar-refractivity contribution in [1.29, 1.82) is 0 Å². The van der Waals surface area contributed by atoms with E-state index in [0.717, 1.165) is 19.6 Å². The number of benzene rings is 1. The van der Waals surface area contributed by atoms with Gasteiger partial charge in [0.2, 0.25) is 0 Å². The van der Waals surface area contributed by atoms with Gasteiger partial charge in [0.25, 0.3) is 0 Å². The van der Waals surface area contributed by atoms with E-state index in [0.29, 0.717) is 0 Å². The maximum absolute atomic E-state index is 2.48. The van der Waals surface area contributed by atoms with Gasteiger partial charge in [0.1, 0.15) is 0 Å². The van der Waals surface area contributed by atoms with E-state index in [-0.39, 0.29) is 0 Å². The number of hydrogen-bond donors (Lipinski definition) is 0. The predicted molar refractivity (Wildman–Crippen MR) is 92.5 cm³/mol. The largest absolute Gasteiger partial charge is 0.350 e. The summed E-state index contributed by atoms with van der Waals surface area (Å²) in [7, 11) is 0.911. The topological polar surface area (TPSA) is 8.17 Å². The van der Waals surface area contributed by atoms with Crippen LogP contribution in [0, 0.1) is 0 Å². The van der Waals surface area contributed by atoms with Gasteiger partial charge in [-0.15, -0.1) is 0 Å². The highest BCUT2D eigenvalue weighted by Gasteiger charge is 2.18. The van der Waals surface area contributed by atoms with Crippen LogP contribution in [0.4, 0.5) is 0 Å². The van der Waals surface area contributed by atoms with Crippen LogP contribution in [0.3, 0.4) is 0 Å². The van der Waals surface area contributed by atoms with E-state index in [4.69, 9.17) is 0 Å². The third-order valence-electron chi connectivity index (χ3n) is 4.23. The predicted octanol–water partition coefficient (Wildman–Crippen LogP) is 3.57. The van der Waals surface area contributed by atoms with Crippen molar-refractivity contribution in [3.8, 4) is 0 Å². The Labute approximate surface area is 124 Å². The molecule has 0 bridgehead atoms. The minimum atomic E-state index is -1.24. The van der Waals surface area contributed by atoms with Crippen molar-refractivity contribution >= 4 is 24.2 Å². The molecule has 2 aromatic rings. The van der Waals surface area contributed by atoms with Gasteiger partial charge in [0.05, 0.1) is 8.07 Å². The zero-order valence-corrected chi connectivity index (χ0v) is 14.8. The molecule has 1 aromatic carbocycles. The number of fused-ring (bicyclic) bond motifs is 1. The molecule has 110 valence electrons. The third kappa shape index (κ3) is 2.99. The van der Waals surface area contributed by atoms with Crippen LogP contribution in [-0.4, -0.2) is 30.6 Å². The first kappa shape index (κ1) is 15.3. The summed E-state index contributed by atoms with van der Waals surface area (Å²) >= 11 is 0. The van der Waals surface area contributed by atoms with Crippen LogP contribution in [-0.2, 0) is 13.6 Å². The Hall–Kier alpha value is -1.06. The molecule has 2 nitrogen and oxygen atoms in total. The fraction of sp³-hybridized carbons (Fsp3) is 0.529. The third-order valence-corrected chi connectivity index (χ3v) is 6.27. The molecule has 2 rings (SSSR count). The van der Waals surface area contributed by atoms with Gasteiger partial charge in [-0.05, 0) is 24.7 Å². The highest BCUT2D eigenvalue weighted by Crippen LogP contribution is 2.22. The summed E-state index contributed by atoms with van der Waals surface area (Å²) in [5, 5.41) is 3.00. The van der Waals surface area contributed by atoms with Gasteiger partial charge in [0.15, 0.2) is 0 Å². The van der Waals surface area contributed by atoms with Crippen molar-refractivity contribution in [1.82, 2.24) is 9.47 Å². The zero-order valence-electron chi connectivity index (χ0n) is 13.8. The van der Waals surface area contributed by atoms with Crippen LogP contribution < -0.4 is 5.19 Å². The molecule has 1 aromatic heterocycles. The average molecular weight is 289 g/mol. The van der Waals surface area contributed by atoms with Gasteiger partial charge in [-0.3, -0.25) is 4.90 Å². The van der Waals surface area contributed by atoms with E-state index < -0.39 is 8.07 Å². The molecular weight excluding hydrogens is 260 g/mol. The molecule has 0 radical (unpaired) electrons. The van der Waals surface area contributed by atoms with E-state index in [1.807, 2.05) is 0 Å². The van der Waals surface area contributed by atoms with Crippen molar-refractivity contribution in [3.05, 3.63) is 30.0 Å². The van der Waals surface area contributed by atoms with E-state index in [1.165, 1.54) is 16.5 Å². The average Bonchev–Trinajstić information content (AvgIpc) is 2.71. The first-order valence-corrected chi connectivity index (χ1v) is 11.2. The molecule has 20 heavy (non-hydrogen) atoms. The van der Waals surface area contributed by atoms with Crippen molar-refractivity contribution < 1.29 is 0 Å². The molecular formula is C17H28N2Si. The van der Waals surface area contributed by atoms with Crippen molar-refractivity contribution in [2.75, 3.05) is 13.1 Å². The Morgan fingerprint density at radius 3 is 2.30 bits per heavy atom. The normalized spacial score (nSPS) is 12.6. The lowest BCUT2D eigenvalue weighted by molar-refractivity contribution is 0.297. The number of nitrogens with zero attached hydrogens (tertiary/aromatic N) is 2. The first-order chi connectivity index (χ1) is 9.36. The summed E-state index contributed by atoms with van der Waals surface area (Å²) in [6.45, 7) is 15.0. The summed E-state index contributed by atoms with van der Waals surface area (Å²) in [5.74, 6) is 0. The highest BCUT2D eigenvalue weighted by atomic mass is 28.3. The van der Waals surface area contributed by atoms with Crippen molar-refractivity contribution in [3.63, 3.8) is 0 Å². The van der Waals surface area contributed by atoms with Crippen LogP contribution in [0.25, 0.3) is 10.9 Å². The smallest absolute Gasteiger partial charge is 0.0776 e. The maximum atomic E-state index is 2.48. The molecule has 0 aliphatic rings.